The van der Waals surface area contributed by atoms with Crippen molar-refractivity contribution in [3.63, 3.8) is 0 Å². The first kappa shape index (κ1) is 21.8. The minimum Gasteiger partial charge on any atom is -0.494 e. The van der Waals surface area contributed by atoms with Gasteiger partial charge < -0.3 is 14.8 Å². The second-order valence-corrected chi connectivity index (χ2v) is 6.11. The van der Waals surface area contributed by atoms with Gasteiger partial charge in [-0.3, -0.25) is 19.7 Å². The van der Waals surface area contributed by atoms with Crippen molar-refractivity contribution in [2.45, 2.75) is 13.0 Å². The summed E-state index contributed by atoms with van der Waals surface area (Å²) in [6.45, 7) is 1.19. The van der Waals surface area contributed by atoms with Crippen LogP contribution < -0.4 is 14.8 Å². The molecule has 0 spiro atoms. The zero-order valence-corrected chi connectivity index (χ0v) is 16.5. The molecule has 29 heavy (non-hydrogen) atoms. The van der Waals surface area contributed by atoms with Crippen LogP contribution in [0.5, 0.6) is 11.5 Å². The van der Waals surface area contributed by atoms with Gasteiger partial charge in [0.1, 0.15) is 17.2 Å². The van der Waals surface area contributed by atoms with Crippen molar-refractivity contribution in [1.82, 2.24) is 0 Å². The van der Waals surface area contributed by atoms with Crippen LogP contribution >= 0.6 is 11.6 Å². The number of nitrogens with zero attached hydrogens (tertiary/aromatic N) is 3. The highest BCUT2D eigenvalue weighted by Gasteiger charge is 2.26. The van der Waals surface area contributed by atoms with E-state index in [1.54, 1.807) is 0 Å². The van der Waals surface area contributed by atoms with Crippen molar-refractivity contribution in [3.05, 3.63) is 51.5 Å². The number of ketones is 1. The second-order valence-electron chi connectivity index (χ2n) is 5.68. The minimum absolute atomic E-state index is 0.119. The summed E-state index contributed by atoms with van der Waals surface area (Å²) in [6.07, 6.45) is 0. The molecule has 0 aliphatic heterocycles. The summed E-state index contributed by atoms with van der Waals surface area (Å²) in [5.41, 5.74) is 0.309. The minimum atomic E-state index is -1.45. The molecule has 152 valence electrons. The SMILES string of the molecule is COc1cc(Cl)cc(OC)c1NC(=O)C(N=Nc1ccc([N+](=O)[O-])cc1)C(C)=O. The lowest BCUT2D eigenvalue weighted by Crippen LogP contribution is -2.32. The van der Waals surface area contributed by atoms with Crippen LogP contribution in [-0.4, -0.2) is 36.9 Å². The number of rotatable bonds is 8. The number of hydrogen-bond acceptors (Lipinski definition) is 8. The average Bonchev–Trinajstić information content (AvgIpc) is 2.69. The zero-order valence-electron chi connectivity index (χ0n) is 15.7. The fraction of sp³-hybridized carbons (Fsp3) is 0.222. The number of Topliss-reactive ketones (excluding diaryl/α,β-unsaturated/α-hetero) is 1. The number of azo groups is 1. The molecular formula is C18H17ClN4O6. The first-order chi connectivity index (χ1) is 13.8. The van der Waals surface area contributed by atoms with Crippen molar-refractivity contribution >= 4 is 40.4 Å². The molecule has 0 bridgehead atoms. The predicted octanol–water partition coefficient (Wildman–Crippen LogP) is 3.95. The lowest BCUT2D eigenvalue weighted by molar-refractivity contribution is -0.384. The Morgan fingerprint density at radius 1 is 1.14 bits per heavy atom. The maximum atomic E-state index is 12.6. The van der Waals surface area contributed by atoms with Crippen LogP contribution in [0.2, 0.25) is 5.02 Å². The standard InChI is InChI=1S/C18H17ClN4O6/c1-10(24)16(22-21-12-4-6-13(7-5-12)23(26)27)18(25)20-17-14(28-2)8-11(19)9-15(17)29-3/h4-9,16H,1-3H3,(H,20,25). The van der Waals surface area contributed by atoms with Gasteiger partial charge in [-0.25, -0.2) is 0 Å². The van der Waals surface area contributed by atoms with Crippen LogP contribution in [-0.2, 0) is 9.59 Å². The number of halogens is 1. The molecule has 1 amide bonds. The predicted molar refractivity (Wildman–Crippen MR) is 105 cm³/mol. The van der Waals surface area contributed by atoms with Gasteiger partial charge in [0.05, 0.1) is 24.8 Å². The number of nitrogens with one attached hydrogen (secondary N) is 1. The number of ether oxygens (including phenoxy) is 2. The van der Waals surface area contributed by atoms with Gasteiger partial charge in [0.25, 0.3) is 11.6 Å². The monoisotopic (exact) mass is 420 g/mol. The molecule has 2 aromatic carbocycles. The Balaban J connectivity index is 2.26. The summed E-state index contributed by atoms with van der Waals surface area (Å²) < 4.78 is 10.4. The van der Waals surface area contributed by atoms with E-state index in [2.05, 4.69) is 15.5 Å². The number of anilines is 1. The Bertz CT molecular complexity index is 936. The largest absolute Gasteiger partial charge is 0.494 e. The van der Waals surface area contributed by atoms with Crippen molar-refractivity contribution < 1.29 is 24.0 Å². The van der Waals surface area contributed by atoms with E-state index in [9.17, 15) is 19.7 Å². The smallest absolute Gasteiger partial charge is 0.269 e. The van der Waals surface area contributed by atoms with Crippen molar-refractivity contribution in [1.29, 1.82) is 0 Å². The molecular weight excluding hydrogens is 404 g/mol. The molecule has 0 aromatic heterocycles. The molecule has 0 aliphatic carbocycles. The number of methoxy groups -OCH3 is 2. The normalized spacial score (nSPS) is 11.7. The number of carbonyl (C=O) groups excluding carboxylic acids is 2. The number of non-ortho nitro benzene ring substituents is 1. The second kappa shape index (κ2) is 9.60. The third-order valence-corrected chi connectivity index (χ3v) is 3.92. The van der Waals surface area contributed by atoms with Crippen LogP contribution in [0.1, 0.15) is 6.92 Å². The fourth-order valence-electron chi connectivity index (χ4n) is 2.28. The summed E-state index contributed by atoms with van der Waals surface area (Å²) in [5.74, 6) is -0.850. The molecule has 1 N–H and O–H groups in total. The Kier molecular flexibility index (Phi) is 7.21. The number of nitro benzene ring substituents is 1. The van der Waals surface area contributed by atoms with Crippen LogP contribution in [0.15, 0.2) is 46.6 Å². The quantitative estimate of drug-likeness (QED) is 0.297. The highest BCUT2D eigenvalue weighted by molar-refractivity contribution is 6.31. The summed E-state index contributed by atoms with van der Waals surface area (Å²) in [4.78, 5) is 34.7. The van der Waals surface area contributed by atoms with Gasteiger partial charge in [0.2, 0.25) is 6.04 Å². The van der Waals surface area contributed by atoms with Crippen LogP contribution in [0.3, 0.4) is 0 Å². The Morgan fingerprint density at radius 2 is 1.69 bits per heavy atom. The number of hydrogen-bond donors (Lipinski definition) is 1. The maximum absolute atomic E-state index is 12.6. The van der Waals surface area contributed by atoms with E-state index in [4.69, 9.17) is 21.1 Å². The van der Waals surface area contributed by atoms with E-state index in [1.807, 2.05) is 0 Å². The van der Waals surface area contributed by atoms with E-state index in [-0.39, 0.29) is 28.6 Å². The third-order valence-electron chi connectivity index (χ3n) is 3.70. The maximum Gasteiger partial charge on any atom is 0.269 e. The number of carbonyl (C=O) groups is 2. The molecule has 0 aliphatic rings. The fourth-order valence-corrected chi connectivity index (χ4v) is 2.48. The van der Waals surface area contributed by atoms with Gasteiger partial charge in [-0.2, -0.15) is 10.2 Å². The molecule has 0 radical (unpaired) electrons. The Labute approximate surface area is 170 Å². The van der Waals surface area contributed by atoms with E-state index >= 15 is 0 Å². The molecule has 2 aromatic rings. The van der Waals surface area contributed by atoms with E-state index in [0.29, 0.717) is 5.02 Å². The number of benzene rings is 2. The number of amides is 1. The van der Waals surface area contributed by atoms with Crippen molar-refractivity contribution in [2.75, 3.05) is 19.5 Å². The molecule has 0 saturated carbocycles. The molecule has 11 heteroatoms. The van der Waals surface area contributed by atoms with E-state index < -0.39 is 22.7 Å². The van der Waals surface area contributed by atoms with Gasteiger partial charge in [-0.15, -0.1) is 0 Å². The first-order valence-corrected chi connectivity index (χ1v) is 8.52. The van der Waals surface area contributed by atoms with Crippen molar-refractivity contribution in [3.8, 4) is 11.5 Å². The lowest BCUT2D eigenvalue weighted by Gasteiger charge is -2.16. The Hall–Kier alpha value is -3.53. The highest BCUT2D eigenvalue weighted by Crippen LogP contribution is 2.38. The first-order valence-electron chi connectivity index (χ1n) is 8.15. The topological polar surface area (TPSA) is 132 Å². The van der Waals surface area contributed by atoms with Gasteiger partial charge in [-0.05, 0) is 19.1 Å². The van der Waals surface area contributed by atoms with Crippen LogP contribution in [0.25, 0.3) is 0 Å². The average molecular weight is 421 g/mol. The van der Waals surface area contributed by atoms with Crippen molar-refractivity contribution in [2.24, 2.45) is 10.2 Å². The molecule has 0 heterocycles. The van der Waals surface area contributed by atoms with Gasteiger partial charge in [-0.1, -0.05) is 11.6 Å². The van der Waals surface area contributed by atoms with Gasteiger partial charge >= 0.3 is 0 Å². The molecule has 1 atom stereocenters. The Morgan fingerprint density at radius 3 is 2.14 bits per heavy atom. The lowest BCUT2D eigenvalue weighted by atomic mass is 10.2. The van der Waals surface area contributed by atoms with Gasteiger partial charge in [0, 0.05) is 29.3 Å². The molecule has 2 rings (SSSR count). The molecule has 0 fully saturated rings. The summed E-state index contributed by atoms with van der Waals surface area (Å²) >= 11 is 5.97. The summed E-state index contributed by atoms with van der Waals surface area (Å²) in [5, 5.41) is 21.2. The van der Waals surface area contributed by atoms with E-state index in [0.717, 1.165) is 0 Å². The van der Waals surface area contributed by atoms with Crippen LogP contribution in [0.4, 0.5) is 17.1 Å². The summed E-state index contributed by atoms with van der Waals surface area (Å²) in [6, 6.07) is 6.67. The molecule has 1 unspecified atom stereocenters. The van der Waals surface area contributed by atoms with Crippen LogP contribution in [0, 0.1) is 10.1 Å². The highest BCUT2D eigenvalue weighted by atomic mass is 35.5. The van der Waals surface area contributed by atoms with E-state index in [1.165, 1.54) is 57.5 Å². The number of nitro groups is 1. The summed E-state index contributed by atoms with van der Waals surface area (Å²) in [7, 11) is 2.77. The van der Waals surface area contributed by atoms with Gasteiger partial charge in [0.15, 0.2) is 5.78 Å². The molecule has 0 saturated heterocycles. The molecule has 10 nitrogen and oxygen atoms in total. The zero-order chi connectivity index (χ0) is 21.6. The third kappa shape index (κ3) is 5.48.